The molecule has 2 rings (SSSR count). The van der Waals surface area contributed by atoms with Gasteiger partial charge in [0.1, 0.15) is 0 Å². The van der Waals surface area contributed by atoms with E-state index in [0.717, 1.165) is 25.9 Å². The van der Waals surface area contributed by atoms with Crippen LogP contribution in [0.5, 0.6) is 0 Å². The summed E-state index contributed by atoms with van der Waals surface area (Å²) < 4.78 is 5.68. The smallest absolute Gasteiger partial charge is 0.241 e. The lowest BCUT2D eigenvalue weighted by Gasteiger charge is -2.35. The summed E-state index contributed by atoms with van der Waals surface area (Å²) in [7, 11) is 0. The van der Waals surface area contributed by atoms with Gasteiger partial charge in [0, 0.05) is 18.2 Å². The maximum atomic E-state index is 12.4. The lowest BCUT2D eigenvalue weighted by atomic mass is 10.1. The number of hydrogen-bond acceptors (Lipinski definition) is 3. The lowest BCUT2D eigenvalue weighted by Crippen LogP contribution is -2.49. The molecule has 2 atom stereocenters. The minimum absolute atomic E-state index is 0.0821. The van der Waals surface area contributed by atoms with Gasteiger partial charge in [-0.3, -0.25) is 9.69 Å². The molecule has 0 aromatic heterocycles. The van der Waals surface area contributed by atoms with E-state index in [1.807, 2.05) is 13.8 Å². The van der Waals surface area contributed by atoms with Crippen LogP contribution >= 0.6 is 23.2 Å². The van der Waals surface area contributed by atoms with Gasteiger partial charge in [0.25, 0.3) is 0 Å². The van der Waals surface area contributed by atoms with Gasteiger partial charge in [-0.2, -0.15) is 0 Å². The Morgan fingerprint density at radius 3 is 3.00 bits per heavy atom. The number of amides is 1. The Kier molecular flexibility index (Phi) is 6.50. The van der Waals surface area contributed by atoms with Gasteiger partial charge in [-0.25, -0.2) is 0 Å². The molecule has 1 amide bonds. The highest BCUT2D eigenvalue weighted by Crippen LogP contribution is 2.26. The Balaban J connectivity index is 1.98. The fraction of sp³-hybridized carbons (Fsp3) is 0.562. The van der Waals surface area contributed by atoms with Crippen LogP contribution < -0.4 is 5.32 Å². The number of carbonyl (C=O) groups is 1. The van der Waals surface area contributed by atoms with Crippen LogP contribution in [0.25, 0.3) is 0 Å². The van der Waals surface area contributed by atoms with Crippen molar-refractivity contribution in [3.8, 4) is 0 Å². The molecule has 1 saturated heterocycles. The van der Waals surface area contributed by atoms with Crippen LogP contribution in [0.1, 0.15) is 26.7 Å². The highest BCUT2D eigenvalue weighted by Gasteiger charge is 2.27. The molecule has 1 aromatic carbocycles. The van der Waals surface area contributed by atoms with E-state index in [9.17, 15) is 4.79 Å². The molecule has 1 aliphatic rings. The van der Waals surface area contributed by atoms with Gasteiger partial charge in [0.2, 0.25) is 5.91 Å². The third-order valence-corrected chi connectivity index (χ3v) is 4.49. The number of benzene rings is 1. The SMILES string of the molecule is CCOC1CCCN(C(C)C(=O)Nc2cc(Cl)ccc2Cl)C1. The van der Waals surface area contributed by atoms with Crippen molar-refractivity contribution in [2.24, 2.45) is 0 Å². The predicted octanol–water partition coefficient (Wildman–Crippen LogP) is 3.82. The summed E-state index contributed by atoms with van der Waals surface area (Å²) in [5.41, 5.74) is 0.546. The fourth-order valence-electron chi connectivity index (χ4n) is 2.69. The molecular weight excluding hydrogens is 323 g/mol. The number of hydrogen-bond donors (Lipinski definition) is 1. The Morgan fingerprint density at radius 1 is 1.50 bits per heavy atom. The lowest BCUT2D eigenvalue weighted by molar-refractivity contribution is -0.122. The fourth-order valence-corrected chi connectivity index (χ4v) is 3.02. The van der Waals surface area contributed by atoms with Crippen LogP contribution in [0.3, 0.4) is 0 Å². The zero-order chi connectivity index (χ0) is 16.1. The van der Waals surface area contributed by atoms with Gasteiger partial charge in [-0.05, 0) is 51.4 Å². The van der Waals surface area contributed by atoms with Gasteiger partial charge in [0.15, 0.2) is 0 Å². The number of anilines is 1. The number of nitrogens with zero attached hydrogens (tertiary/aromatic N) is 1. The molecule has 0 saturated carbocycles. The Labute approximate surface area is 141 Å². The number of halogens is 2. The first-order valence-electron chi connectivity index (χ1n) is 7.62. The monoisotopic (exact) mass is 344 g/mol. The normalized spacial score (nSPS) is 20.6. The van der Waals surface area contributed by atoms with Crippen molar-refractivity contribution in [1.29, 1.82) is 0 Å². The first kappa shape index (κ1) is 17.5. The van der Waals surface area contributed by atoms with E-state index < -0.39 is 0 Å². The van der Waals surface area contributed by atoms with E-state index in [-0.39, 0.29) is 18.1 Å². The number of piperidine rings is 1. The second-order valence-corrected chi connectivity index (χ2v) is 6.35. The van der Waals surface area contributed by atoms with Crippen molar-refractivity contribution in [3.63, 3.8) is 0 Å². The summed E-state index contributed by atoms with van der Waals surface area (Å²) >= 11 is 12.0. The molecule has 0 radical (unpaired) electrons. The van der Waals surface area contributed by atoms with Crippen molar-refractivity contribution < 1.29 is 9.53 Å². The predicted molar refractivity (Wildman–Crippen MR) is 90.8 cm³/mol. The summed E-state index contributed by atoms with van der Waals surface area (Å²) in [6.45, 7) is 6.29. The highest BCUT2D eigenvalue weighted by molar-refractivity contribution is 6.35. The summed E-state index contributed by atoms with van der Waals surface area (Å²) in [4.78, 5) is 14.6. The molecule has 2 unspecified atom stereocenters. The molecule has 1 aromatic rings. The molecule has 122 valence electrons. The van der Waals surface area contributed by atoms with Crippen LogP contribution in [0.2, 0.25) is 10.0 Å². The standard InChI is InChI=1S/C16H22Cl2N2O2/c1-3-22-13-5-4-8-20(10-13)11(2)16(21)19-15-9-12(17)6-7-14(15)18/h6-7,9,11,13H,3-5,8,10H2,1-2H3,(H,19,21). The molecule has 1 aliphatic heterocycles. The molecule has 22 heavy (non-hydrogen) atoms. The van der Waals surface area contributed by atoms with Crippen LogP contribution in [0.15, 0.2) is 18.2 Å². The Hall–Kier alpha value is -0.810. The number of nitrogens with one attached hydrogen (secondary N) is 1. The third-order valence-electron chi connectivity index (χ3n) is 3.93. The van der Waals surface area contributed by atoms with E-state index in [1.54, 1.807) is 18.2 Å². The van der Waals surface area contributed by atoms with E-state index in [1.165, 1.54) is 0 Å². The largest absolute Gasteiger partial charge is 0.377 e. The summed E-state index contributed by atoms with van der Waals surface area (Å²) in [5.74, 6) is -0.0821. The number of carbonyl (C=O) groups excluding carboxylic acids is 1. The Bertz CT molecular complexity index is 523. The molecule has 0 spiro atoms. The van der Waals surface area contributed by atoms with Crippen molar-refractivity contribution in [3.05, 3.63) is 28.2 Å². The van der Waals surface area contributed by atoms with Crippen molar-refractivity contribution in [2.75, 3.05) is 25.0 Å². The third kappa shape index (κ3) is 4.59. The average molecular weight is 345 g/mol. The number of likely N-dealkylation sites (tertiary alicyclic amines) is 1. The molecule has 0 bridgehead atoms. The molecule has 0 aliphatic carbocycles. The zero-order valence-corrected chi connectivity index (χ0v) is 14.5. The van der Waals surface area contributed by atoms with Crippen molar-refractivity contribution in [1.82, 2.24) is 4.90 Å². The molecular formula is C16H22Cl2N2O2. The van der Waals surface area contributed by atoms with Gasteiger partial charge in [-0.15, -0.1) is 0 Å². The minimum Gasteiger partial charge on any atom is -0.377 e. The summed E-state index contributed by atoms with van der Waals surface area (Å²) in [6.07, 6.45) is 2.31. The quantitative estimate of drug-likeness (QED) is 0.882. The summed E-state index contributed by atoms with van der Waals surface area (Å²) in [5, 5.41) is 3.88. The average Bonchev–Trinajstić information content (AvgIpc) is 2.50. The molecule has 1 fully saturated rings. The number of ether oxygens (including phenoxy) is 1. The first-order chi connectivity index (χ1) is 10.5. The van der Waals surface area contributed by atoms with Gasteiger partial charge >= 0.3 is 0 Å². The molecule has 4 nitrogen and oxygen atoms in total. The maximum Gasteiger partial charge on any atom is 0.241 e. The van der Waals surface area contributed by atoms with E-state index in [4.69, 9.17) is 27.9 Å². The highest BCUT2D eigenvalue weighted by atomic mass is 35.5. The number of rotatable bonds is 5. The van der Waals surface area contributed by atoms with E-state index in [2.05, 4.69) is 10.2 Å². The van der Waals surface area contributed by atoms with Crippen LogP contribution in [-0.2, 0) is 9.53 Å². The van der Waals surface area contributed by atoms with Crippen LogP contribution in [0.4, 0.5) is 5.69 Å². The topological polar surface area (TPSA) is 41.6 Å². The minimum atomic E-state index is -0.238. The van der Waals surface area contributed by atoms with E-state index in [0.29, 0.717) is 22.3 Å². The summed E-state index contributed by atoms with van der Waals surface area (Å²) in [6, 6.07) is 4.79. The van der Waals surface area contributed by atoms with Gasteiger partial charge < -0.3 is 10.1 Å². The van der Waals surface area contributed by atoms with Crippen molar-refractivity contribution >= 4 is 34.8 Å². The van der Waals surface area contributed by atoms with Crippen molar-refractivity contribution in [2.45, 2.75) is 38.8 Å². The van der Waals surface area contributed by atoms with Gasteiger partial charge in [-0.1, -0.05) is 23.2 Å². The van der Waals surface area contributed by atoms with Crippen LogP contribution in [-0.4, -0.2) is 42.6 Å². The maximum absolute atomic E-state index is 12.4. The molecule has 1 N–H and O–H groups in total. The second-order valence-electron chi connectivity index (χ2n) is 5.50. The Morgan fingerprint density at radius 2 is 2.27 bits per heavy atom. The van der Waals surface area contributed by atoms with E-state index >= 15 is 0 Å². The second kappa shape index (κ2) is 8.16. The first-order valence-corrected chi connectivity index (χ1v) is 8.38. The van der Waals surface area contributed by atoms with Gasteiger partial charge in [0.05, 0.1) is 22.9 Å². The zero-order valence-electron chi connectivity index (χ0n) is 12.9. The molecule has 1 heterocycles. The molecule has 6 heteroatoms. The van der Waals surface area contributed by atoms with Crippen LogP contribution in [0, 0.1) is 0 Å².